The van der Waals surface area contributed by atoms with E-state index in [9.17, 15) is 0 Å². The van der Waals surface area contributed by atoms with Gasteiger partial charge in [-0.05, 0) is 38.3 Å². The Morgan fingerprint density at radius 2 is 2.00 bits per heavy atom. The van der Waals surface area contributed by atoms with Crippen LogP contribution >= 0.6 is 11.3 Å². The Kier molecular flexibility index (Phi) is 7.53. The van der Waals surface area contributed by atoms with Crippen LogP contribution in [-0.2, 0) is 6.42 Å². The number of ether oxygens (including phenoxy) is 2. The minimum absolute atomic E-state index is 0.682. The zero-order valence-electron chi connectivity index (χ0n) is 15.3. The number of guanidine groups is 1. The first-order chi connectivity index (χ1) is 12.2. The van der Waals surface area contributed by atoms with Crippen molar-refractivity contribution in [3.63, 3.8) is 0 Å². The molecule has 136 valence electrons. The van der Waals surface area contributed by atoms with Gasteiger partial charge in [0.15, 0.2) is 17.5 Å². The van der Waals surface area contributed by atoms with Gasteiger partial charge in [0.1, 0.15) is 0 Å². The van der Waals surface area contributed by atoms with E-state index in [-0.39, 0.29) is 0 Å². The molecule has 2 N–H and O–H groups in total. The van der Waals surface area contributed by atoms with Crippen LogP contribution in [0.4, 0.5) is 5.69 Å². The second-order valence-electron chi connectivity index (χ2n) is 5.53. The lowest BCUT2D eigenvalue weighted by Crippen LogP contribution is -2.31. The Morgan fingerprint density at radius 3 is 2.64 bits per heavy atom. The summed E-state index contributed by atoms with van der Waals surface area (Å²) in [4.78, 5) is 8.74. The summed E-state index contributed by atoms with van der Waals surface area (Å²) in [5.41, 5.74) is 2.00. The summed E-state index contributed by atoms with van der Waals surface area (Å²) in [6.45, 7) is 2.89. The van der Waals surface area contributed by atoms with E-state index < -0.39 is 0 Å². The van der Waals surface area contributed by atoms with Crippen LogP contribution in [-0.4, -0.2) is 38.8 Å². The maximum Gasteiger partial charge on any atom is 0.195 e. The van der Waals surface area contributed by atoms with Gasteiger partial charge in [0.25, 0.3) is 0 Å². The first-order valence-corrected chi connectivity index (χ1v) is 9.15. The molecule has 25 heavy (non-hydrogen) atoms. The molecule has 0 bridgehead atoms. The van der Waals surface area contributed by atoms with Crippen molar-refractivity contribution >= 4 is 23.0 Å². The van der Waals surface area contributed by atoms with Crippen molar-refractivity contribution in [2.45, 2.75) is 26.2 Å². The normalized spacial score (nSPS) is 11.3. The summed E-state index contributed by atoms with van der Waals surface area (Å²) < 4.78 is 10.6. The van der Waals surface area contributed by atoms with Crippen LogP contribution in [0, 0.1) is 6.92 Å². The van der Waals surface area contributed by atoms with Crippen LogP contribution in [0.3, 0.4) is 0 Å². The Labute approximate surface area is 153 Å². The summed E-state index contributed by atoms with van der Waals surface area (Å²) in [6.07, 6.45) is 3.19. The molecule has 0 aliphatic rings. The van der Waals surface area contributed by atoms with Crippen LogP contribution in [0.25, 0.3) is 0 Å². The number of thiazole rings is 1. The number of aromatic nitrogens is 1. The second-order valence-corrected chi connectivity index (χ2v) is 6.48. The van der Waals surface area contributed by atoms with Crippen LogP contribution < -0.4 is 20.1 Å². The van der Waals surface area contributed by atoms with Crippen LogP contribution in [0.1, 0.15) is 23.5 Å². The largest absolute Gasteiger partial charge is 0.493 e. The Bertz CT molecular complexity index is 700. The third-order valence-electron chi connectivity index (χ3n) is 3.65. The van der Waals surface area contributed by atoms with Gasteiger partial charge in [-0.3, -0.25) is 4.99 Å². The molecule has 0 fully saturated rings. The maximum absolute atomic E-state index is 5.32. The van der Waals surface area contributed by atoms with Gasteiger partial charge < -0.3 is 20.1 Å². The van der Waals surface area contributed by atoms with E-state index in [1.54, 1.807) is 32.6 Å². The number of nitrogens with one attached hydrogen (secondary N) is 2. The van der Waals surface area contributed by atoms with Crippen molar-refractivity contribution in [1.29, 1.82) is 0 Å². The molecule has 0 aliphatic carbocycles. The monoisotopic (exact) mass is 362 g/mol. The zero-order chi connectivity index (χ0) is 18.1. The fourth-order valence-electron chi connectivity index (χ4n) is 2.36. The molecule has 0 saturated heterocycles. The molecule has 2 aromatic rings. The molecule has 0 spiro atoms. The van der Waals surface area contributed by atoms with E-state index in [2.05, 4.69) is 26.0 Å². The molecule has 0 amide bonds. The summed E-state index contributed by atoms with van der Waals surface area (Å²) in [5.74, 6) is 2.12. The lowest BCUT2D eigenvalue weighted by atomic mass is 10.2. The van der Waals surface area contributed by atoms with Gasteiger partial charge in [0.05, 0.1) is 19.2 Å². The topological polar surface area (TPSA) is 67.8 Å². The van der Waals surface area contributed by atoms with E-state index in [1.165, 1.54) is 5.01 Å². The number of benzene rings is 1. The average Bonchev–Trinajstić information content (AvgIpc) is 3.05. The van der Waals surface area contributed by atoms with E-state index >= 15 is 0 Å². The highest BCUT2D eigenvalue weighted by atomic mass is 32.1. The van der Waals surface area contributed by atoms with Crippen LogP contribution in [0.2, 0.25) is 0 Å². The lowest BCUT2D eigenvalue weighted by molar-refractivity contribution is 0.355. The van der Waals surface area contributed by atoms with Crippen molar-refractivity contribution in [3.8, 4) is 11.5 Å². The highest BCUT2D eigenvalue weighted by Gasteiger charge is 2.06. The number of hydrogen-bond acceptors (Lipinski definition) is 5. The molecule has 6 nitrogen and oxygen atoms in total. The van der Waals surface area contributed by atoms with E-state index in [1.807, 2.05) is 25.1 Å². The van der Waals surface area contributed by atoms with Gasteiger partial charge in [0, 0.05) is 36.4 Å². The van der Waals surface area contributed by atoms with Crippen molar-refractivity contribution < 1.29 is 9.47 Å². The summed E-state index contributed by atoms with van der Waals surface area (Å²) in [7, 11) is 5.01. The smallest absolute Gasteiger partial charge is 0.195 e. The summed E-state index contributed by atoms with van der Waals surface area (Å²) in [6, 6.07) is 5.68. The van der Waals surface area contributed by atoms with Crippen LogP contribution in [0.15, 0.2) is 28.6 Å². The number of aryl methyl sites for hydroxylation is 2. The quantitative estimate of drug-likeness (QED) is 0.427. The SMILES string of the molecule is CN=C(NCCCCc1nc(C)cs1)Nc1ccc(OC)c(OC)c1. The molecule has 0 saturated carbocycles. The van der Waals surface area contributed by atoms with Gasteiger partial charge in [-0.15, -0.1) is 11.3 Å². The van der Waals surface area contributed by atoms with Gasteiger partial charge in [-0.2, -0.15) is 0 Å². The molecule has 2 rings (SSSR count). The Hall–Kier alpha value is -2.28. The summed E-state index contributed by atoms with van der Waals surface area (Å²) >= 11 is 1.74. The molecular formula is C18H26N4O2S. The molecule has 1 heterocycles. The number of rotatable bonds is 8. The van der Waals surface area contributed by atoms with E-state index in [4.69, 9.17) is 9.47 Å². The van der Waals surface area contributed by atoms with Crippen LogP contribution in [0.5, 0.6) is 11.5 Å². The molecule has 7 heteroatoms. The number of nitrogens with zero attached hydrogens (tertiary/aromatic N) is 2. The fraction of sp³-hybridized carbons (Fsp3) is 0.444. The molecule has 0 atom stereocenters. The molecule has 1 aromatic heterocycles. The van der Waals surface area contributed by atoms with Gasteiger partial charge in [-0.25, -0.2) is 4.98 Å². The second kappa shape index (κ2) is 9.88. The van der Waals surface area contributed by atoms with Gasteiger partial charge >= 0.3 is 0 Å². The highest BCUT2D eigenvalue weighted by molar-refractivity contribution is 7.09. The molecule has 1 aromatic carbocycles. The number of aliphatic imine (C=N–C) groups is 1. The fourth-order valence-corrected chi connectivity index (χ4v) is 3.17. The Morgan fingerprint density at radius 1 is 1.20 bits per heavy atom. The van der Waals surface area contributed by atoms with Crippen molar-refractivity contribution in [3.05, 3.63) is 34.3 Å². The zero-order valence-corrected chi connectivity index (χ0v) is 16.1. The number of unbranched alkanes of at least 4 members (excludes halogenated alkanes) is 1. The average molecular weight is 362 g/mol. The lowest BCUT2D eigenvalue weighted by Gasteiger charge is -2.14. The first kappa shape index (κ1) is 19.1. The maximum atomic E-state index is 5.32. The van der Waals surface area contributed by atoms with Crippen molar-refractivity contribution in [2.75, 3.05) is 33.1 Å². The summed E-state index contributed by atoms with van der Waals surface area (Å²) in [5, 5.41) is 9.90. The van der Waals surface area contributed by atoms with Gasteiger partial charge in [0.2, 0.25) is 0 Å². The van der Waals surface area contributed by atoms with Crippen molar-refractivity contribution in [1.82, 2.24) is 10.3 Å². The van der Waals surface area contributed by atoms with Gasteiger partial charge in [-0.1, -0.05) is 0 Å². The third kappa shape index (κ3) is 5.94. The van der Waals surface area contributed by atoms with E-state index in [0.29, 0.717) is 11.5 Å². The predicted molar refractivity (Wildman–Crippen MR) is 104 cm³/mol. The first-order valence-electron chi connectivity index (χ1n) is 8.27. The number of anilines is 1. The standard InChI is InChI=1S/C18H26N4O2S/c1-13-12-25-17(21-13)7-5-6-10-20-18(19-2)22-14-8-9-15(23-3)16(11-14)24-4/h8-9,11-12H,5-7,10H2,1-4H3,(H2,19,20,22). The van der Waals surface area contributed by atoms with Crippen molar-refractivity contribution in [2.24, 2.45) is 4.99 Å². The minimum Gasteiger partial charge on any atom is -0.493 e. The molecule has 0 aliphatic heterocycles. The number of hydrogen-bond donors (Lipinski definition) is 2. The Balaban J connectivity index is 1.76. The number of methoxy groups -OCH3 is 2. The highest BCUT2D eigenvalue weighted by Crippen LogP contribution is 2.29. The molecular weight excluding hydrogens is 336 g/mol. The molecule has 0 radical (unpaired) electrons. The molecule has 0 unspecified atom stereocenters. The van der Waals surface area contributed by atoms with E-state index in [0.717, 1.165) is 43.1 Å². The predicted octanol–water partition coefficient (Wildman–Crippen LogP) is 3.48. The third-order valence-corrected chi connectivity index (χ3v) is 4.67. The minimum atomic E-state index is 0.682.